The number of carbonyl (C=O) groups excluding carboxylic acids is 1. The molecule has 12 heteroatoms. The first-order valence-electron chi connectivity index (χ1n) is 10.7. The van der Waals surface area contributed by atoms with E-state index in [2.05, 4.69) is 5.32 Å². The third-order valence-electron chi connectivity index (χ3n) is 6.63. The molecule has 2 aromatic carbocycles. The van der Waals surface area contributed by atoms with E-state index in [1.54, 1.807) is 30.0 Å². The molecule has 2 heterocycles. The fourth-order valence-electron chi connectivity index (χ4n) is 4.70. The topological polar surface area (TPSA) is 75.7 Å². The number of sulfone groups is 1. The fraction of sp³-hybridized carbons (Fsp3) is 0.435. The maximum atomic E-state index is 14.5. The van der Waals surface area contributed by atoms with E-state index in [1.165, 1.54) is 19.2 Å². The molecule has 4 rings (SSSR count). The van der Waals surface area contributed by atoms with Crippen molar-refractivity contribution in [1.82, 2.24) is 5.32 Å². The predicted octanol–water partition coefficient (Wildman–Crippen LogP) is 4.55. The molecule has 2 aliphatic rings. The van der Waals surface area contributed by atoms with Gasteiger partial charge in [-0.05, 0) is 54.8 Å². The van der Waals surface area contributed by atoms with E-state index in [9.17, 15) is 26.4 Å². The molecule has 1 amide bonds. The van der Waals surface area contributed by atoms with Crippen LogP contribution in [0.2, 0.25) is 10.0 Å². The third-order valence-corrected chi connectivity index (χ3v) is 9.01. The minimum Gasteiger partial charge on any atom is -0.494 e. The van der Waals surface area contributed by atoms with Crippen LogP contribution in [0.4, 0.5) is 18.9 Å². The van der Waals surface area contributed by atoms with Gasteiger partial charge in [-0.25, -0.2) is 8.42 Å². The summed E-state index contributed by atoms with van der Waals surface area (Å²) in [6.07, 6.45) is -4.77. The van der Waals surface area contributed by atoms with Crippen molar-refractivity contribution in [2.45, 2.75) is 31.0 Å². The number of halogens is 5. The molecule has 190 valence electrons. The van der Waals surface area contributed by atoms with E-state index in [-0.39, 0.29) is 52.4 Å². The lowest BCUT2D eigenvalue weighted by molar-refractivity contribution is -0.184. The lowest BCUT2D eigenvalue weighted by Gasteiger charge is -2.33. The van der Waals surface area contributed by atoms with E-state index in [0.29, 0.717) is 16.8 Å². The van der Waals surface area contributed by atoms with E-state index < -0.39 is 33.4 Å². The molecular formula is C23H23Cl2F3N2O4S. The quantitative estimate of drug-likeness (QED) is 0.591. The number of carbonyl (C=O) groups is 1. The van der Waals surface area contributed by atoms with E-state index in [4.69, 9.17) is 27.9 Å². The van der Waals surface area contributed by atoms with Crippen LogP contribution < -0.4 is 15.0 Å². The number of nitrogens with zero attached hydrogens (tertiary/aromatic N) is 1. The fourth-order valence-corrected chi connectivity index (χ4v) is 6.64. The highest BCUT2D eigenvalue weighted by Gasteiger charge is 2.59. The SMILES string of the molecule is COc1c(Cl)cc(C2(C(F)(F)F)CCN(c3ccc(C(=O)NC4CS(=O)(=O)C4)c(C)c3)C2)cc1Cl. The molecule has 1 N–H and O–H groups in total. The molecule has 0 radical (unpaired) electrons. The standard InChI is InChI=1S/C23H23Cl2F3N2O4S/c1-13-7-16(3-4-17(13)21(31)29-15-10-35(32,33)11-15)30-6-5-22(12-30,23(26,27)28)14-8-18(24)20(34-2)19(25)9-14/h3-4,7-9,15H,5-6,10-12H2,1-2H3,(H,29,31). The van der Waals surface area contributed by atoms with Gasteiger partial charge >= 0.3 is 6.18 Å². The molecule has 0 aliphatic carbocycles. The number of aryl methyl sites for hydroxylation is 1. The predicted molar refractivity (Wildman–Crippen MR) is 129 cm³/mol. The molecule has 2 fully saturated rings. The molecule has 2 aromatic rings. The van der Waals surface area contributed by atoms with Gasteiger partial charge in [-0.2, -0.15) is 13.2 Å². The van der Waals surface area contributed by atoms with Gasteiger partial charge in [-0.15, -0.1) is 0 Å². The van der Waals surface area contributed by atoms with Crippen LogP contribution in [0.25, 0.3) is 0 Å². The third kappa shape index (κ3) is 4.80. The highest BCUT2D eigenvalue weighted by molar-refractivity contribution is 7.92. The molecule has 1 atom stereocenters. The Morgan fingerprint density at radius 2 is 1.80 bits per heavy atom. The Morgan fingerprint density at radius 3 is 2.31 bits per heavy atom. The van der Waals surface area contributed by atoms with Gasteiger partial charge in [0.1, 0.15) is 5.41 Å². The average molecular weight is 551 g/mol. The Balaban J connectivity index is 1.58. The molecule has 0 saturated carbocycles. The number of amides is 1. The van der Waals surface area contributed by atoms with Gasteiger partial charge < -0.3 is 15.0 Å². The van der Waals surface area contributed by atoms with Crippen molar-refractivity contribution >= 4 is 44.6 Å². The zero-order chi connectivity index (χ0) is 25.8. The minimum absolute atomic E-state index is 0.00236. The number of hydrogen-bond acceptors (Lipinski definition) is 5. The number of methoxy groups -OCH3 is 1. The van der Waals surface area contributed by atoms with Crippen molar-refractivity contribution in [3.8, 4) is 5.75 Å². The maximum absolute atomic E-state index is 14.5. The Kier molecular flexibility index (Phi) is 6.70. The summed E-state index contributed by atoms with van der Waals surface area (Å²) in [5.74, 6) is -0.485. The molecule has 35 heavy (non-hydrogen) atoms. The summed E-state index contributed by atoms with van der Waals surface area (Å²) < 4.78 is 71.1. The number of anilines is 1. The second kappa shape index (κ2) is 9.05. The summed E-state index contributed by atoms with van der Waals surface area (Å²) in [4.78, 5) is 14.2. The second-order valence-corrected chi connectivity index (χ2v) is 11.9. The van der Waals surface area contributed by atoms with Gasteiger partial charge in [0.15, 0.2) is 15.6 Å². The highest BCUT2D eigenvalue weighted by Crippen LogP contribution is 2.50. The van der Waals surface area contributed by atoms with Crippen LogP contribution in [0.15, 0.2) is 30.3 Å². The van der Waals surface area contributed by atoms with Gasteiger partial charge in [0.25, 0.3) is 5.91 Å². The van der Waals surface area contributed by atoms with Gasteiger partial charge in [-0.3, -0.25) is 4.79 Å². The highest BCUT2D eigenvalue weighted by atomic mass is 35.5. The molecule has 0 aromatic heterocycles. The molecule has 0 bridgehead atoms. The molecule has 6 nitrogen and oxygen atoms in total. The van der Waals surface area contributed by atoms with Crippen molar-refractivity contribution in [3.05, 3.63) is 57.1 Å². The normalized spacial score (nSPS) is 22.1. The number of rotatable bonds is 5. The van der Waals surface area contributed by atoms with Crippen molar-refractivity contribution in [1.29, 1.82) is 0 Å². The van der Waals surface area contributed by atoms with Crippen LogP contribution in [-0.4, -0.2) is 58.2 Å². The molecule has 2 aliphatic heterocycles. The van der Waals surface area contributed by atoms with Crippen molar-refractivity contribution < 1.29 is 31.1 Å². The smallest absolute Gasteiger partial charge is 0.400 e. The number of hydrogen-bond donors (Lipinski definition) is 1. The average Bonchev–Trinajstić information content (AvgIpc) is 3.19. The molecule has 1 unspecified atom stereocenters. The lowest BCUT2D eigenvalue weighted by atomic mass is 9.79. The summed E-state index contributed by atoms with van der Waals surface area (Å²) in [7, 11) is -1.74. The summed E-state index contributed by atoms with van der Waals surface area (Å²) in [6.45, 7) is 1.47. The van der Waals surface area contributed by atoms with Gasteiger partial charge in [0.05, 0.1) is 34.7 Å². The van der Waals surface area contributed by atoms with Crippen molar-refractivity contribution in [2.75, 3.05) is 36.6 Å². The zero-order valence-corrected chi connectivity index (χ0v) is 21.2. The largest absolute Gasteiger partial charge is 0.494 e. The summed E-state index contributed by atoms with van der Waals surface area (Å²) in [5, 5.41) is 2.68. The lowest BCUT2D eigenvalue weighted by Crippen LogP contribution is -2.53. The number of alkyl halides is 3. The minimum atomic E-state index is -4.57. The first kappa shape index (κ1) is 25.9. The van der Waals surface area contributed by atoms with Crippen molar-refractivity contribution in [2.24, 2.45) is 0 Å². The van der Waals surface area contributed by atoms with Gasteiger partial charge in [0.2, 0.25) is 0 Å². The molecular weight excluding hydrogens is 528 g/mol. The van der Waals surface area contributed by atoms with Crippen LogP contribution in [-0.2, 0) is 15.3 Å². The first-order valence-corrected chi connectivity index (χ1v) is 13.3. The van der Waals surface area contributed by atoms with Crippen LogP contribution >= 0.6 is 23.2 Å². The van der Waals surface area contributed by atoms with Crippen LogP contribution in [0, 0.1) is 6.92 Å². The summed E-state index contributed by atoms with van der Waals surface area (Å²) in [6, 6.07) is 6.88. The number of ether oxygens (including phenoxy) is 1. The zero-order valence-electron chi connectivity index (χ0n) is 18.9. The van der Waals surface area contributed by atoms with E-state index in [1.807, 2.05) is 0 Å². The number of benzene rings is 2. The maximum Gasteiger partial charge on any atom is 0.400 e. The van der Waals surface area contributed by atoms with Gasteiger partial charge in [-0.1, -0.05) is 23.2 Å². The van der Waals surface area contributed by atoms with Gasteiger partial charge in [0, 0.05) is 24.3 Å². The monoisotopic (exact) mass is 550 g/mol. The Bertz CT molecular complexity index is 1250. The molecule has 0 spiro atoms. The van der Waals surface area contributed by atoms with Crippen LogP contribution in [0.5, 0.6) is 5.75 Å². The number of nitrogens with one attached hydrogen (secondary N) is 1. The van der Waals surface area contributed by atoms with E-state index in [0.717, 1.165) is 0 Å². The summed E-state index contributed by atoms with van der Waals surface area (Å²) in [5.41, 5.74) is -0.768. The van der Waals surface area contributed by atoms with E-state index >= 15 is 0 Å². The van der Waals surface area contributed by atoms with Crippen LogP contribution in [0.1, 0.15) is 27.9 Å². The Morgan fingerprint density at radius 1 is 1.17 bits per heavy atom. The Labute approximate surface area is 211 Å². The molecule has 2 saturated heterocycles. The second-order valence-electron chi connectivity index (χ2n) is 8.97. The Hall–Kier alpha value is -2.17. The van der Waals surface area contributed by atoms with Crippen LogP contribution in [0.3, 0.4) is 0 Å². The van der Waals surface area contributed by atoms with Crippen molar-refractivity contribution in [3.63, 3.8) is 0 Å². The first-order chi connectivity index (χ1) is 16.3. The summed E-state index contributed by atoms with van der Waals surface area (Å²) >= 11 is 12.3.